The SMILES string of the molecule is CN(C(=O)c1cc2ccccc2[nH]1)c1ccc(C#N)cc1. The topological polar surface area (TPSA) is 59.9 Å². The molecule has 0 aliphatic heterocycles. The molecule has 1 amide bonds. The number of anilines is 1. The minimum Gasteiger partial charge on any atom is -0.351 e. The van der Waals surface area contributed by atoms with Gasteiger partial charge in [-0.2, -0.15) is 5.26 Å². The molecule has 0 aliphatic rings. The van der Waals surface area contributed by atoms with Crippen molar-refractivity contribution in [3.8, 4) is 6.07 Å². The number of aromatic amines is 1. The van der Waals surface area contributed by atoms with E-state index < -0.39 is 0 Å². The van der Waals surface area contributed by atoms with Crippen LogP contribution in [0.15, 0.2) is 54.6 Å². The minimum absolute atomic E-state index is 0.115. The molecule has 0 atom stereocenters. The molecule has 0 unspecified atom stereocenters. The maximum atomic E-state index is 12.5. The number of nitrogens with zero attached hydrogens (tertiary/aromatic N) is 2. The smallest absolute Gasteiger partial charge is 0.274 e. The molecular formula is C17H13N3O. The second kappa shape index (κ2) is 5.14. The second-order valence-corrected chi connectivity index (χ2v) is 4.79. The molecule has 1 aromatic heterocycles. The van der Waals surface area contributed by atoms with Crippen LogP contribution in [0.2, 0.25) is 0 Å². The zero-order valence-electron chi connectivity index (χ0n) is 11.5. The predicted octanol–water partition coefficient (Wildman–Crippen LogP) is 3.32. The third-order valence-electron chi connectivity index (χ3n) is 3.45. The molecular weight excluding hydrogens is 262 g/mol. The molecule has 1 N–H and O–H groups in total. The highest BCUT2D eigenvalue weighted by Gasteiger charge is 2.15. The number of H-pyrrole nitrogens is 1. The highest BCUT2D eigenvalue weighted by atomic mass is 16.2. The van der Waals surface area contributed by atoms with Crippen molar-refractivity contribution in [1.29, 1.82) is 5.26 Å². The van der Waals surface area contributed by atoms with Crippen molar-refractivity contribution in [2.45, 2.75) is 0 Å². The van der Waals surface area contributed by atoms with Gasteiger partial charge in [0, 0.05) is 23.6 Å². The lowest BCUT2D eigenvalue weighted by atomic mass is 10.2. The maximum Gasteiger partial charge on any atom is 0.274 e. The van der Waals surface area contributed by atoms with Crippen LogP contribution in [0.1, 0.15) is 16.1 Å². The first-order valence-corrected chi connectivity index (χ1v) is 6.55. The lowest BCUT2D eigenvalue weighted by Gasteiger charge is -2.16. The Labute approximate surface area is 122 Å². The van der Waals surface area contributed by atoms with E-state index in [1.165, 1.54) is 0 Å². The first-order valence-electron chi connectivity index (χ1n) is 6.55. The van der Waals surface area contributed by atoms with Crippen LogP contribution in [0.3, 0.4) is 0 Å². The van der Waals surface area contributed by atoms with Crippen molar-refractivity contribution < 1.29 is 4.79 Å². The predicted molar refractivity (Wildman–Crippen MR) is 82.2 cm³/mol. The summed E-state index contributed by atoms with van der Waals surface area (Å²) in [6, 6.07) is 18.6. The van der Waals surface area contributed by atoms with E-state index in [1.807, 2.05) is 30.3 Å². The minimum atomic E-state index is -0.115. The molecule has 1 heterocycles. The van der Waals surface area contributed by atoms with Crippen LogP contribution in [0, 0.1) is 11.3 Å². The lowest BCUT2D eigenvalue weighted by Crippen LogP contribution is -2.26. The summed E-state index contributed by atoms with van der Waals surface area (Å²) >= 11 is 0. The summed E-state index contributed by atoms with van der Waals surface area (Å²) in [5.41, 5.74) is 2.81. The zero-order chi connectivity index (χ0) is 14.8. The van der Waals surface area contributed by atoms with Gasteiger partial charge in [-0.15, -0.1) is 0 Å². The van der Waals surface area contributed by atoms with Crippen molar-refractivity contribution in [2.24, 2.45) is 0 Å². The zero-order valence-corrected chi connectivity index (χ0v) is 11.5. The van der Waals surface area contributed by atoms with Gasteiger partial charge >= 0.3 is 0 Å². The number of para-hydroxylation sites is 1. The van der Waals surface area contributed by atoms with Crippen molar-refractivity contribution >= 4 is 22.5 Å². The van der Waals surface area contributed by atoms with Crippen LogP contribution in [0.25, 0.3) is 10.9 Å². The van der Waals surface area contributed by atoms with E-state index in [2.05, 4.69) is 11.1 Å². The van der Waals surface area contributed by atoms with Gasteiger partial charge < -0.3 is 9.88 Å². The standard InChI is InChI=1S/C17H13N3O/c1-20(14-8-6-12(11-18)7-9-14)17(21)16-10-13-4-2-3-5-15(13)19-16/h2-10,19H,1H3. The van der Waals surface area contributed by atoms with Crippen molar-refractivity contribution in [3.63, 3.8) is 0 Å². The summed E-state index contributed by atoms with van der Waals surface area (Å²) in [6.45, 7) is 0. The molecule has 21 heavy (non-hydrogen) atoms. The molecule has 0 aliphatic carbocycles. The van der Waals surface area contributed by atoms with E-state index in [4.69, 9.17) is 5.26 Å². The van der Waals surface area contributed by atoms with Crippen LogP contribution in [0.4, 0.5) is 5.69 Å². The van der Waals surface area contributed by atoms with Crippen molar-refractivity contribution in [1.82, 2.24) is 4.98 Å². The molecule has 0 saturated heterocycles. The van der Waals surface area contributed by atoms with Crippen LogP contribution >= 0.6 is 0 Å². The Balaban J connectivity index is 1.91. The monoisotopic (exact) mass is 275 g/mol. The normalized spacial score (nSPS) is 10.3. The summed E-state index contributed by atoms with van der Waals surface area (Å²) in [4.78, 5) is 17.2. The summed E-state index contributed by atoms with van der Waals surface area (Å²) in [5, 5.41) is 9.81. The number of carbonyl (C=O) groups is 1. The number of nitrogens with one attached hydrogen (secondary N) is 1. The largest absolute Gasteiger partial charge is 0.351 e. The van der Waals surface area contributed by atoms with E-state index in [1.54, 1.807) is 36.2 Å². The Hall–Kier alpha value is -3.06. The first-order chi connectivity index (χ1) is 10.2. The van der Waals surface area contributed by atoms with Gasteiger partial charge in [-0.3, -0.25) is 4.79 Å². The number of amides is 1. The third-order valence-corrected chi connectivity index (χ3v) is 3.45. The van der Waals surface area contributed by atoms with Gasteiger partial charge in [0.2, 0.25) is 0 Å². The number of fused-ring (bicyclic) bond motifs is 1. The average molecular weight is 275 g/mol. The van der Waals surface area contributed by atoms with E-state index >= 15 is 0 Å². The number of aromatic nitrogens is 1. The molecule has 0 spiro atoms. The van der Waals surface area contributed by atoms with Gasteiger partial charge in [-0.25, -0.2) is 0 Å². The fourth-order valence-corrected chi connectivity index (χ4v) is 2.25. The molecule has 2 aromatic carbocycles. The van der Waals surface area contributed by atoms with Gasteiger partial charge in [0.1, 0.15) is 5.69 Å². The van der Waals surface area contributed by atoms with Gasteiger partial charge in [0.05, 0.1) is 11.6 Å². The maximum absolute atomic E-state index is 12.5. The van der Waals surface area contributed by atoms with Crippen molar-refractivity contribution in [3.05, 3.63) is 65.9 Å². The van der Waals surface area contributed by atoms with Crippen LogP contribution in [-0.4, -0.2) is 17.9 Å². The van der Waals surface area contributed by atoms with Crippen molar-refractivity contribution in [2.75, 3.05) is 11.9 Å². The van der Waals surface area contributed by atoms with Gasteiger partial charge in [0.25, 0.3) is 5.91 Å². The van der Waals surface area contributed by atoms with Gasteiger partial charge in [-0.05, 0) is 36.4 Å². The average Bonchev–Trinajstić information content (AvgIpc) is 2.97. The number of nitriles is 1. The molecule has 102 valence electrons. The number of rotatable bonds is 2. The lowest BCUT2D eigenvalue weighted by molar-refractivity contribution is 0.0989. The molecule has 0 saturated carbocycles. The van der Waals surface area contributed by atoms with Crippen LogP contribution < -0.4 is 4.90 Å². The van der Waals surface area contributed by atoms with Crippen LogP contribution in [0.5, 0.6) is 0 Å². The fourth-order valence-electron chi connectivity index (χ4n) is 2.25. The van der Waals surface area contributed by atoms with Gasteiger partial charge in [-0.1, -0.05) is 18.2 Å². The summed E-state index contributed by atoms with van der Waals surface area (Å²) < 4.78 is 0. The van der Waals surface area contributed by atoms with Gasteiger partial charge in [0.15, 0.2) is 0 Å². The summed E-state index contributed by atoms with van der Waals surface area (Å²) in [6.07, 6.45) is 0. The molecule has 4 heteroatoms. The first kappa shape index (κ1) is 12.9. The molecule has 0 bridgehead atoms. The van der Waals surface area contributed by atoms with E-state index in [0.29, 0.717) is 11.3 Å². The Morgan fingerprint density at radius 3 is 2.52 bits per heavy atom. The Morgan fingerprint density at radius 2 is 1.86 bits per heavy atom. The molecule has 3 aromatic rings. The number of hydrogen-bond acceptors (Lipinski definition) is 2. The highest BCUT2D eigenvalue weighted by Crippen LogP contribution is 2.19. The molecule has 4 nitrogen and oxygen atoms in total. The molecule has 3 rings (SSSR count). The van der Waals surface area contributed by atoms with E-state index in [-0.39, 0.29) is 5.91 Å². The number of hydrogen-bond donors (Lipinski definition) is 1. The Morgan fingerprint density at radius 1 is 1.14 bits per heavy atom. The summed E-state index contributed by atoms with van der Waals surface area (Å²) in [5.74, 6) is -0.115. The second-order valence-electron chi connectivity index (χ2n) is 4.79. The molecule has 0 radical (unpaired) electrons. The third kappa shape index (κ3) is 2.37. The molecule has 0 fully saturated rings. The van der Waals surface area contributed by atoms with E-state index in [0.717, 1.165) is 16.6 Å². The van der Waals surface area contributed by atoms with E-state index in [9.17, 15) is 4.79 Å². The summed E-state index contributed by atoms with van der Waals surface area (Å²) in [7, 11) is 1.72. The van der Waals surface area contributed by atoms with Crippen LogP contribution in [-0.2, 0) is 0 Å². The fraction of sp³-hybridized carbons (Fsp3) is 0.0588. The Kier molecular flexibility index (Phi) is 3.17. The Bertz CT molecular complexity index is 807. The highest BCUT2D eigenvalue weighted by molar-refractivity contribution is 6.07. The number of benzene rings is 2. The number of carbonyl (C=O) groups excluding carboxylic acids is 1. The quantitative estimate of drug-likeness (QED) is 0.780.